The molecule has 0 amide bonds. The van der Waals surface area contributed by atoms with E-state index in [-0.39, 0.29) is 90.1 Å². The van der Waals surface area contributed by atoms with Gasteiger partial charge in [-0.3, -0.25) is 18.2 Å². The van der Waals surface area contributed by atoms with E-state index in [0.29, 0.717) is 17.5 Å². The van der Waals surface area contributed by atoms with E-state index in [1.807, 2.05) is 13.8 Å². The van der Waals surface area contributed by atoms with Gasteiger partial charge in [0.2, 0.25) is 10.0 Å². The van der Waals surface area contributed by atoms with Crippen molar-refractivity contribution in [3.05, 3.63) is 99.4 Å². The molecule has 4 aromatic carbocycles. The third-order valence-corrected chi connectivity index (χ3v) is 17.3. The van der Waals surface area contributed by atoms with Crippen molar-refractivity contribution in [1.82, 2.24) is 4.72 Å². The molecule has 4 aromatic rings. The molecule has 23 heteroatoms. The summed E-state index contributed by atoms with van der Waals surface area (Å²) < 4.78 is 183. The Bertz CT molecular complexity index is 3660. The Balaban J connectivity index is 1.80. The number of sulfonamides is 1. The second kappa shape index (κ2) is 19.0. The number of nitrogens with zero attached hydrogens (tertiary/aromatic N) is 1. The molecule has 0 saturated carbocycles. The molecule has 18 nitrogen and oxygen atoms in total. The fourth-order valence-corrected chi connectivity index (χ4v) is 13.2. The highest BCUT2D eigenvalue weighted by atomic mass is 32.2. The van der Waals surface area contributed by atoms with Crippen LogP contribution in [0.15, 0.2) is 94.6 Å². The molecule has 68 heavy (non-hydrogen) atoms. The van der Waals surface area contributed by atoms with Crippen molar-refractivity contribution in [3.63, 3.8) is 0 Å². The third kappa shape index (κ3) is 10.6. The zero-order chi connectivity index (χ0) is 50.6. The van der Waals surface area contributed by atoms with Gasteiger partial charge in [0.25, 0.3) is 40.5 Å². The standard InChI is InChI=1S/C45H51N3O15S5/c1-9-11-14-30(10-2)23-46-64(49,50)38-16-13-12-15-31(38)41-32-19-39(65(51,52)53)34(47-42-24(3)17-26(5)44(28(42)7)67(57,58)59)21-36(32)63-37-22-35(40(20-33(37)41)66(54,55)56)48-43-25(4)18-27(6)45(29(43)8)68(60,61)62/h12-13,15-22,30,46-47H,9-11,14,23H2,1-8H3,(H,51,52,53)(H,54,55,56)(H,57,58,59)(H,60,61,62)/b48-35+. The van der Waals surface area contributed by atoms with E-state index in [9.17, 15) is 60.3 Å². The highest BCUT2D eigenvalue weighted by Crippen LogP contribution is 2.46. The maximum atomic E-state index is 14.4. The summed E-state index contributed by atoms with van der Waals surface area (Å²) in [6.07, 6.45) is 3.15. The minimum Gasteiger partial charge on any atom is -0.456 e. The second-order valence-electron chi connectivity index (χ2n) is 16.7. The Morgan fingerprint density at radius 2 is 1.22 bits per heavy atom. The van der Waals surface area contributed by atoms with Crippen LogP contribution in [0.3, 0.4) is 0 Å². The summed E-state index contributed by atoms with van der Waals surface area (Å²) in [5, 5.41) is 2.17. The zero-order valence-corrected chi connectivity index (χ0v) is 42.2. The topological polar surface area (TPSA) is 301 Å². The van der Waals surface area contributed by atoms with Crippen molar-refractivity contribution in [1.29, 1.82) is 0 Å². The van der Waals surface area contributed by atoms with E-state index in [4.69, 9.17) is 4.42 Å². The summed E-state index contributed by atoms with van der Waals surface area (Å²) in [7, 11) is -24.6. The summed E-state index contributed by atoms with van der Waals surface area (Å²) in [6, 6.07) is 12.5. The van der Waals surface area contributed by atoms with Crippen LogP contribution in [0, 0.1) is 47.5 Å². The normalized spacial score (nSPS) is 13.7. The molecule has 0 radical (unpaired) electrons. The molecular formula is C45H51N3O15S5. The molecule has 366 valence electrons. The zero-order valence-electron chi connectivity index (χ0n) is 38.2. The summed E-state index contributed by atoms with van der Waals surface area (Å²) >= 11 is 0. The maximum Gasteiger partial charge on any atom is 0.296 e. The number of aryl methyl sites for hydroxylation is 4. The van der Waals surface area contributed by atoms with Crippen LogP contribution < -0.4 is 15.4 Å². The first kappa shape index (κ1) is 52.3. The van der Waals surface area contributed by atoms with Gasteiger partial charge in [-0.25, -0.2) is 18.1 Å². The lowest BCUT2D eigenvalue weighted by Gasteiger charge is -2.22. The van der Waals surface area contributed by atoms with Gasteiger partial charge in [-0.05, 0) is 105 Å². The SMILES string of the molecule is CCCCC(CC)CNS(=O)(=O)c1ccccc1-c1c2cc(S(=O)(=O)O)/c(=N/c3c(C)cc(C)c(S(=O)(=O)O)c3C)cc-2oc2cc(Nc3c(C)cc(C)c(S(=O)(=O)O)c3C)c(S(=O)(=O)O)cc12. The number of benzene rings is 5. The Morgan fingerprint density at radius 1 is 0.632 bits per heavy atom. The van der Waals surface area contributed by atoms with E-state index in [0.717, 1.165) is 43.5 Å². The van der Waals surface area contributed by atoms with E-state index >= 15 is 0 Å². The minimum atomic E-state index is -5.28. The van der Waals surface area contributed by atoms with Crippen molar-refractivity contribution in [2.45, 2.75) is 106 Å². The van der Waals surface area contributed by atoms with Gasteiger partial charge < -0.3 is 9.73 Å². The monoisotopic (exact) mass is 1030 g/mol. The Hall–Kier alpha value is -5.08. The largest absolute Gasteiger partial charge is 0.456 e. The van der Waals surface area contributed by atoms with Crippen LogP contribution in [0.25, 0.3) is 33.4 Å². The van der Waals surface area contributed by atoms with E-state index in [2.05, 4.69) is 15.0 Å². The van der Waals surface area contributed by atoms with Crippen molar-refractivity contribution in [2.24, 2.45) is 10.9 Å². The fourth-order valence-electron chi connectivity index (χ4n) is 8.72. The molecule has 1 aliphatic heterocycles. The first-order chi connectivity index (χ1) is 31.4. The predicted octanol–water partition coefficient (Wildman–Crippen LogP) is 8.51. The molecule has 1 aliphatic carbocycles. The van der Waals surface area contributed by atoms with Gasteiger partial charge in [0.15, 0.2) is 0 Å². The van der Waals surface area contributed by atoms with E-state index in [1.54, 1.807) is 13.8 Å². The van der Waals surface area contributed by atoms with E-state index in [1.165, 1.54) is 64.1 Å². The number of unbranched alkanes of at least 4 members (excludes halogenated alkanes) is 1. The molecular weight excluding hydrogens is 983 g/mol. The van der Waals surface area contributed by atoms with Crippen molar-refractivity contribution in [2.75, 3.05) is 11.9 Å². The second-order valence-corrected chi connectivity index (χ2v) is 23.9. The van der Waals surface area contributed by atoms with Crippen LogP contribution >= 0.6 is 0 Å². The lowest BCUT2D eigenvalue weighted by Crippen LogP contribution is -2.29. The molecule has 0 aromatic heterocycles. The summed E-state index contributed by atoms with van der Waals surface area (Å²) in [6.45, 7) is 12.7. The predicted molar refractivity (Wildman–Crippen MR) is 256 cm³/mol. The van der Waals surface area contributed by atoms with Crippen LogP contribution in [0.5, 0.6) is 0 Å². The molecule has 6 rings (SSSR count). The van der Waals surface area contributed by atoms with Gasteiger partial charge in [0.05, 0.1) is 21.6 Å². The van der Waals surface area contributed by atoms with Crippen LogP contribution in [0.4, 0.5) is 17.1 Å². The van der Waals surface area contributed by atoms with Gasteiger partial charge in [-0.1, -0.05) is 63.4 Å². The Labute approximate surface area is 396 Å². The smallest absolute Gasteiger partial charge is 0.296 e. The summed E-state index contributed by atoms with van der Waals surface area (Å²) in [5.41, 5.74) is -0.158. The number of rotatable bonds is 16. The molecule has 2 aliphatic rings. The van der Waals surface area contributed by atoms with Crippen molar-refractivity contribution >= 4 is 78.5 Å². The van der Waals surface area contributed by atoms with Gasteiger partial charge >= 0.3 is 0 Å². The lowest BCUT2D eigenvalue weighted by atomic mass is 9.93. The summed E-state index contributed by atoms with van der Waals surface area (Å²) in [5.74, 6) is -0.260. The van der Waals surface area contributed by atoms with Crippen LogP contribution in [0.1, 0.15) is 72.9 Å². The molecule has 0 bridgehead atoms. The Kier molecular flexibility index (Phi) is 14.6. The molecule has 0 fully saturated rings. The Morgan fingerprint density at radius 3 is 1.79 bits per heavy atom. The van der Waals surface area contributed by atoms with Crippen molar-refractivity contribution < 1.29 is 64.7 Å². The van der Waals surface area contributed by atoms with Crippen LogP contribution in [-0.4, -0.2) is 66.8 Å². The molecule has 0 spiro atoms. The molecule has 6 N–H and O–H groups in total. The molecule has 1 atom stereocenters. The maximum absolute atomic E-state index is 14.4. The number of anilines is 2. The quantitative estimate of drug-likeness (QED) is 0.0391. The first-order valence-corrected chi connectivity index (χ1v) is 28.3. The molecule has 0 saturated heterocycles. The van der Waals surface area contributed by atoms with Crippen LogP contribution in [-0.2, 0) is 50.5 Å². The number of hydrogen-bond donors (Lipinski definition) is 6. The highest BCUT2D eigenvalue weighted by Gasteiger charge is 2.31. The number of fused-ring (bicyclic) bond motifs is 2. The first-order valence-electron chi connectivity index (χ1n) is 21.0. The highest BCUT2D eigenvalue weighted by molar-refractivity contribution is 7.89. The molecule has 1 heterocycles. The average Bonchev–Trinajstić information content (AvgIpc) is 3.20. The average molecular weight is 1030 g/mol. The van der Waals surface area contributed by atoms with Gasteiger partial charge in [0, 0.05) is 46.4 Å². The minimum absolute atomic E-state index is 0.0167. The lowest BCUT2D eigenvalue weighted by molar-refractivity contribution is 0.444. The number of hydrogen-bond acceptors (Lipinski definition) is 13. The summed E-state index contributed by atoms with van der Waals surface area (Å²) in [4.78, 5) is 1.50. The number of nitrogens with one attached hydrogen (secondary N) is 2. The van der Waals surface area contributed by atoms with Gasteiger partial charge in [-0.15, -0.1) is 0 Å². The van der Waals surface area contributed by atoms with Gasteiger partial charge in [0.1, 0.15) is 30.9 Å². The van der Waals surface area contributed by atoms with Crippen LogP contribution in [0.2, 0.25) is 0 Å². The van der Waals surface area contributed by atoms with E-state index < -0.39 is 75.4 Å². The van der Waals surface area contributed by atoms with Crippen molar-refractivity contribution in [3.8, 4) is 22.5 Å². The van der Waals surface area contributed by atoms with Gasteiger partial charge in [-0.2, -0.15) is 33.7 Å². The fraction of sp³-hybridized carbons (Fsp3) is 0.311. The third-order valence-electron chi connectivity index (χ3n) is 11.8. The molecule has 1 unspecified atom stereocenters.